The largest absolute Gasteiger partial charge is 0.489 e. The predicted molar refractivity (Wildman–Crippen MR) is 96.3 cm³/mol. The van der Waals surface area contributed by atoms with Gasteiger partial charge in [-0.1, -0.05) is 31.4 Å². The van der Waals surface area contributed by atoms with Gasteiger partial charge >= 0.3 is 0 Å². The van der Waals surface area contributed by atoms with E-state index in [4.69, 9.17) is 4.74 Å². The molecule has 1 heterocycles. The normalized spacial score (nSPS) is 16.2. The van der Waals surface area contributed by atoms with Crippen LogP contribution in [0.25, 0.3) is 0 Å². The summed E-state index contributed by atoms with van der Waals surface area (Å²) < 4.78 is 5.74. The topological polar surface area (TPSA) is 71.5 Å². The van der Waals surface area contributed by atoms with Crippen molar-refractivity contribution in [1.29, 1.82) is 0 Å². The maximum absolute atomic E-state index is 12.3. The molecule has 0 spiro atoms. The van der Waals surface area contributed by atoms with Crippen molar-refractivity contribution in [3.05, 3.63) is 54.4 Å². The summed E-state index contributed by atoms with van der Waals surface area (Å²) >= 11 is 0. The Bertz CT molecular complexity index is 697. The van der Waals surface area contributed by atoms with E-state index in [0.717, 1.165) is 24.8 Å². The van der Waals surface area contributed by atoms with Crippen molar-refractivity contribution < 1.29 is 14.6 Å². The highest BCUT2D eigenvalue weighted by atomic mass is 16.5. The Labute approximate surface area is 148 Å². The predicted octanol–water partition coefficient (Wildman–Crippen LogP) is 3.68. The molecule has 2 aromatic rings. The Hall–Kier alpha value is -2.40. The third kappa shape index (κ3) is 5.29. The molecule has 0 unspecified atom stereocenters. The van der Waals surface area contributed by atoms with Gasteiger partial charge in [-0.3, -0.25) is 9.78 Å². The van der Waals surface area contributed by atoms with Crippen LogP contribution in [0, 0.1) is 0 Å². The monoisotopic (exact) mass is 340 g/mol. The van der Waals surface area contributed by atoms with E-state index in [2.05, 4.69) is 10.3 Å². The Kier molecular flexibility index (Phi) is 5.66. The zero-order valence-electron chi connectivity index (χ0n) is 14.3. The van der Waals surface area contributed by atoms with Crippen LogP contribution in [-0.2, 0) is 11.4 Å². The number of amides is 1. The number of rotatable bonds is 6. The number of carbonyl (C=O) groups excluding carboxylic acids is 1. The number of carbonyl (C=O) groups is 1. The molecule has 2 N–H and O–H groups in total. The third-order valence-electron chi connectivity index (χ3n) is 4.52. The second kappa shape index (κ2) is 8.12. The van der Waals surface area contributed by atoms with E-state index in [9.17, 15) is 9.90 Å². The van der Waals surface area contributed by atoms with Gasteiger partial charge in [0.1, 0.15) is 12.4 Å². The molecule has 0 saturated heterocycles. The molecule has 0 bridgehead atoms. The molecule has 25 heavy (non-hydrogen) atoms. The lowest BCUT2D eigenvalue weighted by Crippen LogP contribution is -2.35. The van der Waals surface area contributed by atoms with E-state index >= 15 is 0 Å². The van der Waals surface area contributed by atoms with Crippen LogP contribution >= 0.6 is 0 Å². The average Bonchev–Trinajstić information content (AvgIpc) is 2.61. The molecule has 1 aromatic heterocycles. The molecule has 132 valence electrons. The summed E-state index contributed by atoms with van der Waals surface area (Å²) in [4.78, 5) is 16.3. The van der Waals surface area contributed by atoms with Crippen molar-refractivity contribution in [1.82, 2.24) is 4.98 Å². The van der Waals surface area contributed by atoms with Crippen molar-refractivity contribution in [2.24, 2.45) is 0 Å². The van der Waals surface area contributed by atoms with Gasteiger partial charge in [0.25, 0.3) is 0 Å². The summed E-state index contributed by atoms with van der Waals surface area (Å²) in [6.07, 6.45) is 8.15. The van der Waals surface area contributed by atoms with Crippen LogP contribution in [0.1, 0.15) is 44.1 Å². The van der Waals surface area contributed by atoms with Crippen molar-refractivity contribution >= 4 is 11.6 Å². The first-order chi connectivity index (χ1) is 12.1. The van der Waals surface area contributed by atoms with Crippen LogP contribution in [-0.4, -0.2) is 21.6 Å². The second-order valence-electron chi connectivity index (χ2n) is 6.69. The maximum Gasteiger partial charge on any atom is 0.227 e. The lowest BCUT2D eigenvalue weighted by molar-refractivity contribution is -0.122. The standard InChI is InChI=1S/C20H24N2O3/c23-19(13-20(24)9-2-1-3-10-20)22-17-7-4-8-18(12-17)25-15-16-6-5-11-21-14-16/h4-8,11-12,14,24H,1-3,9-10,13,15H2,(H,22,23). The molecule has 3 rings (SSSR count). The Morgan fingerprint density at radius 2 is 2.04 bits per heavy atom. The minimum absolute atomic E-state index is 0.147. The quantitative estimate of drug-likeness (QED) is 0.841. The highest BCUT2D eigenvalue weighted by molar-refractivity contribution is 5.91. The van der Waals surface area contributed by atoms with Gasteiger partial charge < -0.3 is 15.2 Å². The lowest BCUT2D eigenvalue weighted by Gasteiger charge is -2.31. The maximum atomic E-state index is 12.3. The number of nitrogens with zero attached hydrogens (tertiary/aromatic N) is 1. The van der Waals surface area contributed by atoms with Crippen LogP contribution in [0.4, 0.5) is 5.69 Å². The van der Waals surface area contributed by atoms with Crippen molar-refractivity contribution in [2.75, 3.05) is 5.32 Å². The minimum atomic E-state index is -0.850. The summed E-state index contributed by atoms with van der Waals surface area (Å²) in [6, 6.07) is 11.1. The fourth-order valence-electron chi connectivity index (χ4n) is 3.20. The van der Waals surface area contributed by atoms with Crippen LogP contribution < -0.4 is 10.1 Å². The summed E-state index contributed by atoms with van der Waals surface area (Å²) in [6.45, 7) is 0.422. The van der Waals surface area contributed by atoms with E-state index < -0.39 is 5.60 Å². The van der Waals surface area contributed by atoms with Crippen molar-refractivity contribution in [2.45, 2.75) is 50.7 Å². The van der Waals surface area contributed by atoms with E-state index in [1.54, 1.807) is 18.5 Å². The number of hydrogen-bond acceptors (Lipinski definition) is 4. The summed E-state index contributed by atoms with van der Waals surface area (Å²) in [5.41, 5.74) is 0.807. The first-order valence-corrected chi connectivity index (χ1v) is 8.77. The highest BCUT2D eigenvalue weighted by Crippen LogP contribution is 2.31. The molecule has 5 heteroatoms. The van der Waals surface area contributed by atoms with Gasteiger partial charge in [-0.25, -0.2) is 0 Å². The van der Waals surface area contributed by atoms with Gasteiger partial charge in [-0.15, -0.1) is 0 Å². The first kappa shape index (κ1) is 17.4. The molecule has 0 aliphatic heterocycles. The molecule has 1 aliphatic carbocycles. The number of hydrogen-bond donors (Lipinski definition) is 2. The summed E-state index contributed by atoms with van der Waals surface area (Å²) in [7, 11) is 0. The molecule has 0 atom stereocenters. The fourth-order valence-corrected chi connectivity index (χ4v) is 3.20. The third-order valence-corrected chi connectivity index (χ3v) is 4.52. The summed E-state index contributed by atoms with van der Waals surface area (Å²) in [5.74, 6) is 0.520. The average molecular weight is 340 g/mol. The number of aromatic nitrogens is 1. The summed E-state index contributed by atoms with van der Waals surface area (Å²) in [5, 5.41) is 13.4. The van der Waals surface area contributed by atoms with Crippen LogP contribution in [0.3, 0.4) is 0 Å². The van der Waals surface area contributed by atoms with Crippen LogP contribution in [0.5, 0.6) is 5.75 Å². The van der Waals surface area contributed by atoms with Gasteiger partial charge in [0.15, 0.2) is 0 Å². The first-order valence-electron chi connectivity index (χ1n) is 8.77. The van der Waals surface area contributed by atoms with Gasteiger partial charge in [-0.2, -0.15) is 0 Å². The molecule has 1 saturated carbocycles. The van der Waals surface area contributed by atoms with E-state index in [-0.39, 0.29) is 12.3 Å². The molecule has 1 aliphatic rings. The van der Waals surface area contributed by atoms with Gasteiger partial charge in [0.05, 0.1) is 12.0 Å². The molecule has 5 nitrogen and oxygen atoms in total. The zero-order chi connectivity index (χ0) is 17.5. The van der Waals surface area contributed by atoms with Crippen LogP contribution in [0.2, 0.25) is 0 Å². The molecular weight excluding hydrogens is 316 g/mol. The zero-order valence-corrected chi connectivity index (χ0v) is 14.3. The smallest absolute Gasteiger partial charge is 0.227 e. The Balaban J connectivity index is 1.55. The molecule has 1 amide bonds. The van der Waals surface area contributed by atoms with Gasteiger partial charge in [0, 0.05) is 29.7 Å². The van der Waals surface area contributed by atoms with Gasteiger partial charge in [0.2, 0.25) is 5.91 Å². The molecule has 1 aromatic carbocycles. The molecule has 1 fully saturated rings. The van der Waals surface area contributed by atoms with Crippen molar-refractivity contribution in [3.63, 3.8) is 0 Å². The number of anilines is 1. The second-order valence-corrected chi connectivity index (χ2v) is 6.69. The van der Waals surface area contributed by atoms with Crippen LogP contribution in [0.15, 0.2) is 48.8 Å². The number of pyridine rings is 1. The molecule has 0 radical (unpaired) electrons. The number of benzene rings is 1. The highest BCUT2D eigenvalue weighted by Gasteiger charge is 2.31. The minimum Gasteiger partial charge on any atom is -0.489 e. The number of nitrogens with one attached hydrogen (secondary N) is 1. The van der Waals surface area contributed by atoms with E-state index in [1.807, 2.05) is 30.3 Å². The Morgan fingerprint density at radius 3 is 2.80 bits per heavy atom. The SMILES string of the molecule is O=C(CC1(O)CCCCC1)Nc1cccc(OCc2cccnc2)c1. The number of ether oxygens (including phenoxy) is 1. The van der Waals surface area contributed by atoms with E-state index in [0.29, 0.717) is 30.9 Å². The van der Waals surface area contributed by atoms with E-state index in [1.165, 1.54) is 0 Å². The lowest BCUT2D eigenvalue weighted by atomic mass is 9.82. The van der Waals surface area contributed by atoms with Gasteiger partial charge in [-0.05, 0) is 31.0 Å². The molecular formula is C20H24N2O3. The number of aliphatic hydroxyl groups is 1. The van der Waals surface area contributed by atoms with Crippen molar-refractivity contribution in [3.8, 4) is 5.75 Å². The fraction of sp³-hybridized carbons (Fsp3) is 0.400. The Morgan fingerprint density at radius 1 is 1.20 bits per heavy atom.